The Morgan fingerprint density at radius 2 is 1.90 bits per heavy atom. The van der Waals surface area contributed by atoms with Crippen LogP contribution in [0.4, 0.5) is 11.4 Å². The smallest absolute Gasteiger partial charge is 0.243 e. The van der Waals surface area contributed by atoms with Gasteiger partial charge in [-0.05, 0) is 48.9 Å². The number of hydrogen-bond acceptors (Lipinski definition) is 2. The average Bonchev–Trinajstić information content (AvgIpc) is 2.43. The van der Waals surface area contributed by atoms with Gasteiger partial charge in [-0.25, -0.2) is 0 Å². The highest BCUT2D eigenvalue weighted by molar-refractivity contribution is 9.10. The topological polar surface area (TPSA) is 41.1 Å². The largest absolute Gasteiger partial charge is 0.376 e. The highest BCUT2D eigenvalue weighted by atomic mass is 79.9. The van der Waals surface area contributed by atoms with Crippen molar-refractivity contribution in [1.82, 2.24) is 0 Å². The first-order chi connectivity index (χ1) is 9.56. The van der Waals surface area contributed by atoms with Crippen LogP contribution < -0.4 is 10.6 Å². The first kappa shape index (κ1) is 14.9. The van der Waals surface area contributed by atoms with Crippen LogP contribution in [0.25, 0.3) is 0 Å². The number of carbonyl (C=O) groups excluding carboxylic acids is 1. The summed E-state index contributed by atoms with van der Waals surface area (Å²) in [5.74, 6) is -0.113. The van der Waals surface area contributed by atoms with Crippen molar-refractivity contribution >= 4 is 44.8 Å². The fraction of sp³-hybridized carbons (Fsp3) is 0.133. The van der Waals surface area contributed by atoms with E-state index < -0.39 is 0 Å². The summed E-state index contributed by atoms with van der Waals surface area (Å²) >= 11 is 9.38. The van der Waals surface area contributed by atoms with Crippen molar-refractivity contribution in [3.63, 3.8) is 0 Å². The van der Waals surface area contributed by atoms with Gasteiger partial charge in [-0.2, -0.15) is 0 Å². The van der Waals surface area contributed by atoms with Gasteiger partial charge in [0.1, 0.15) is 0 Å². The molecule has 0 spiro atoms. The van der Waals surface area contributed by atoms with Crippen LogP contribution >= 0.6 is 27.5 Å². The first-order valence-corrected chi connectivity index (χ1v) is 7.28. The molecule has 0 heterocycles. The number of rotatable bonds is 4. The van der Waals surface area contributed by atoms with Crippen molar-refractivity contribution in [2.24, 2.45) is 0 Å². The van der Waals surface area contributed by atoms with Crippen LogP contribution in [-0.4, -0.2) is 12.5 Å². The number of carbonyl (C=O) groups is 1. The Kier molecular flexibility index (Phi) is 5.04. The molecule has 0 bridgehead atoms. The van der Waals surface area contributed by atoms with E-state index in [-0.39, 0.29) is 12.5 Å². The second kappa shape index (κ2) is 6.77. The molecule has 3 nitrogen and oxygen atoms in total. The maximum Gasteiger partial charge on any atom is 0.243 e. The van der Waals surface area contributed by atoms with Gasteiger partial charge in [0, 0.05) is 20.9 Å². The third kappa shape index (κ3) is 3.99. The van der Waals surface area contributed by atoms with Crippen molar-refractivity contribution in [2.75, 3.05) is 17.2 Å². The Bertz CT molecular complexity index is 614. The second-order valence-electron chi connectivity index (χ2n) is 4.32. The molecule has 5 heteroatoms. The maximum absolute atomic E-state index is 11.9. The van der Waals surface area contributed by atoms with Crippen molar-refractivity contribution in [1.29, 1.82) is 0 Å². The van der Waals surface area contributed by atoms with E-state index in [1.165, 1.54) is 0 Å². The molecular weight excluding hydrogens is 340 g/mol. The van der Waals surface area contributed by atoms with E-state index >= 15 is 0 Å². The Balaban J connectivity index is 1.92. The molecule has 1 amide bonds. The average molecular weight is 354 g/mol. The molecule has 0 aliphatic carbocycles. The van der Waals surface area contributed by atoms with E-state index in [1.54, 1.807) is 6.07 Å². The minimum atomic E-state index is -0.113. The van der Waals surface area contributed by atoms with Crippen LogP contribution in [0.2, 0.25) is 5.02 Å². The summed E-state index contributed by atoms with van der Waals surface area (Å²) in [6.07, 6.45) is 0. The van der Waals surface area contributed by atoms with Gasteiger partial charge < -0.3 is 10.6 Å². The molecule has 2 aromatic rings. The zero-order valence-electron chi connectivity index (χ0n) is 10.9. The summed E-state index contributed by atoms with van der Waals surface area (Å²) in [5.41, 5.74) is 2.50. The molecule has 0 saturated carbocycles. The molecule has 0 unspecified atom stereocenters. The summed E-state index contributed by atoms with van der Waals surface area (Å²) in [4.78, 5) is 11.9. The van der Waals surface area contributed by atoms with Gasteiger partial charge in [-0.3, -0.25) is 4.79 Å². The standard InChI is InChI=1S/C15H14BrClN2O/c1-10-13(17)3-2-4-14(10)19-15(20)9-18-12-7-5-11(16)6-8-12/h2-8,18H,9H2,1H3,(H,19,20). The number of anilines is 2. The molecule has 2 rings (SSSR count). The summed E-state index contributed by atoms with van der Waals surface area (Å²) in [6, 6.07) is 13.1. The molecule has 0 saturated heterocycles. The number of benzene rings is 2. The van der Waals surface area contributed by atoms with Gasteiger partial charge >= 0.3 is 0 Å². The molecule has 0 atom stereocenters. The van der Waals surface area contributed by atoms with Gasteiger partial charge in [-0.15, -0.1) is 0 Å². The Morgan fingerprint density at radius 1 is 1.20 bits per heavy atom. The first-order valence-electron chi connectivity index (χ1n) is 6.10. The molecule has 2 aromatic carbocycles. The van der Waals surface area contributed by atoms with Crippen LogP contribution in [0.3, 0.4) is 0 Å². The van der Waals surface area contributed by atoms with Crippen LogP contribution in [-0.2, 0) is 4.79 Å². The van der Waals surface area contributed by atoms with Crippen molar-refractivity contribution in [3.05, 3.63) is 57.5 Å². The highest BCUT2D eigenvalue weighted by Gasteiger charge is 2.06. The fourth-order valence-electron chi connectivity index (χ4n) is 1.69. The Morgan fingerprint density at radius 3 is 2.60 bits per heavy atom. The van der Waals surface area contributed by atoms with Crippen LogP contribution in [0.1, 0.15) is 5.56 Å². The van der Waals surface area contributed by atoms with Crippen molar-refractivity contribution < 1.29 is 4.79 Å². The van der Waals surface area contributed by atoms with E-state index in [0.29, 0.717) is 5.02 Å². The third-order valence-corrected chi connectivity index (χ3v) is 3.78. The Labute approximate surface area is 131 Å². The summed E-state index contributed by atoms with van der Waals surface area (Å²) < 4.78 is 1.00. The van der Waals surface area contributed by atoms with Crippen molar-refractivity contribution in [3.8, 4) is 0 Å². The Hall–Kier alpha value is -1.52. The molecule has 20 heavy (non-hydrogen) atoms. The van der Waals surface area contributed by atoms with Gasteiger partial charge in [0.2, 0.25) is 5.91 Å². The van der Waals surface area contributed by atoms with Crippen LogP contribution in [0.15, 0.2) is 46.9 Å². The lowest BCUT2D eigenvalue weighted by Gasteiger charge is -2.10. The third-order valence-electron chi connectivity index (χ3n) is 2.84. The lowest BCUT2D eigenvalue weighted by molar-refractivity contribution is -0.114. The molecule has 0 aliphatic heterocycles. The normalized spacial score (nSPS) is 10.2. The van der Waals surface area contributed by atoms with E-state index in [4.69, 9.17) is 11.6 Å². The molecule has 104 valence electrons. The molecule has 0 fully saturated rings. The van der Waals surface area contributed by atoms with E-state index in [1.807, 2.05) is 43.3 Å². The molecule has 0 aliphatic rings. The quantitative estimate of drug-likeness (QED) is 0.852. The zero-order chi connectivity index (χ0) is 14.5. The molecular formula is C15H14BrClN2O. The minimum absolute atomic E-state index is 0.113. The number of nitrogens with one attached hydrogen (secondary N) is 2. The van der Waals surface area contributed by atoms with Crippen LogP contribution in [0.5, 0.6) is 0 Å². The van der Waals surface area contributed by atoms with Gasteiger partial charge in [0.05, 0.1) is 6.54 Å². The predicted octanol–water partition coefficient (Wildman–Crippen LogP) is 4.46. The monoisotopic (exact) mass is 352 g/mol. The zero-order valence-corrected chi connectivity index (χ0v) is 13.3. The van der Waals surface area contributed by atoms with E-state index in [2.05, 4.69) is 26.6 Å². The summed E-state index contributed by atoms with van der Waals surface area (Å²) in [7, 11) is 0. The second-order valence-corrected chi connectivity index (χ2v) is 5.64. The highest BCUT2D eigenvalue weighted by Crippen LogP contribution is 2.22. The van der Waals surface area contributed by atoms with Gasteiger partial charge in [0.25, 0.3) is 0 Å². The maximum atomic E-state index is 11.9. The number of halogens is 2. The van der Waals surface area contributed by atoms with Crippen molar-refractivity contribution in [2.45, 2.75) is 6.92 Å². The number of hydrogen-bond donors (Lipinski definition) is 2. The number of amides is 1. The lowest BCUT2D eigenvalue weighted by Crippen LogP contribution is -2.22. The van der Waals surface area contributed by atoms with E-state index in [0.717, 1.165) is 21.4 Å². The SMILES string of the molecule is Cc1c(Cl)cccc1NC(=O)CNc1ccc(Br)cc1. The predicted molar refractivity (Wildman–Crippen MR) is 87.5 cm³/mol. The summed E-state index contributed by atoms with van der Waals surface area (Å²) in [6.45, 7) is 2.08. The minimum Gasteiger partial charge on any atom is -0.376 e. The molecule has 0 radical (unpaired) electrons. The lowest BCUT2D eigenvalue weighted by atomic mass is 10.2. The van der Waals surface area contributed by atoms with E-state index in [9.17, 15) is 4.79 Å². The van der Waals surface area contributed by atoms with Gasteiger partial charge in [-0.1, -0.05) is 33.6 Å². The fourth-order valence-corrected chi connectivity index (χ4v) is 2.13. The van der Waals surface area contributed by atoms with Crippen LogP contribution in [0, 0.1) is 6.92 Å². The van der Waals surface area contributed by atoms with Gasteiger partial charge in [0.15, 0.2) is 0 Å². The summed E-state index contributed by atoms with van der Waals surface area (Å²) in [5, 5.41) is 6.54. The molecule has 2 N–H and O–H groups in total. The molecule has 0 aromatic heterocycles.